The molecule has 0 unspecified atom stereocenters. The van der Waals surface area contributed by atoms with Crippen LogP contribution in [-0.2, 0) is 6.54 Å². The standard InChI is InChI=1S/C16H21NO3/c1-10-7-14(12(3)20-10)11(2)17-9-13-5-6-16(19-4)15(18)8-13/h5-8,11,17-18H,9H2,1-4H3/t11-/m1/s1. The lowest BCUT2D eigenvalue weighted by Gasteiger charge is -2.14. The third-order valence-corrected chi connectivity index (χ3v) is 3.40. The minimum atomic E-state index is 0.162. The molecule has 1 aromatic heterocycles. The molecule has 1 atom stereocenters. The second-order valence-corrected chi connectivity index (χ2v) is 4.98. The Morgan fingerprint density at radius 1 is 1.30 bits per heavy atom. The van der Waals surface area contributed by atoms with E-state index < -0.39 is 0 Å². The molecular weight excluding hydrogens is 254 g/mol. The van der Waals surface area contributed by atoms with E-state index in [-0.39, 0.29) is 11.8 Å². The van der Waals surface area contributed by atoms with E-state index >= 15 is 0 Å². The van der Waals surface area contributed by atoms with Crippen molar-refractivity contribution in [2.24, 2.45) is 0 Å². The monoisotopic (exact) mass is 275 g/mol. The second kappa shape index (κ2) is 6.01. The first-order valence-corrected chi connectivity index (χ1v) is 6.67. The van der Waals surface area contributed by atoms with Gasteiger partial charge in [-0.15, -0.1) is 0 Å². The number of phenolic OH excluding ortho intramolecular Hbond substituents is 1. The third-order valence-electron chi connectivity index (χ3n) is 3.40. The smallest absolute Gasteiger partial charge is 0.160 e. The van der Waals surface area contributed by atoms with Crippen LogP contribution in [0, 0.1) is 13.8 Å². The highest BCUT2D eigenvalue weighted by Gasteiger charge is 2.12. The molecule has 0 aliphatic rings. The molecule has 4 heteroatoms. The van der Waals surface area contributed by atoms with Crippen LogP contribution in [0.2, 0.25) is 0 Å². The number of nitrogens with one attached hydrogen (secondary N) is 1. The van der Waals surface area contributed by atoms with Gasteiger partial charge in [0.15, 0.2) is 11.5 Å². The Labute approximate surface area is 119 Å². The van der Waals surface area contributed by atoms with E-state index in [1.54, 1.807) is 19.2 Å². The molecule has 1 aromatic carbocycles. The van der Waals surface area contributed by atoms with E-state index in [4.69, 9.17) is 9.15 Å². The predicted octanol–water partition coefficient (Wildman–Crippen LogP) is 3.46. The second-order valence-electron chi connectivity index (χ2n) is 4.98. The number of phenols is 1. The number of benzene rings is 1. The van der Waals surface area contributed by atoms with Crippen molar-refractivity contribution in [2.45, 2.75) is 33.4 Å². The molecule has 108 valence electrons. The van der Waals surface area contributed by atoms with Gasteiger partial charge >= 0.3 is 0 Å². The van der Waals surface area contributed by atoms with Crippen LogP contribution in [0.25, 0.3) is 0 Å². The summed E-state index contributed by atoms with van der Waals surface area (Å²) in [6.07, 6.45) is 0. The topological polar surface area (TPSA) is 54.6 Å². The van der Waals surface area contributed by atoms with Crippen LogP contribution >= 0.6 is 0 Å². The Bertz CT molecular complexity index is 589. The molecule has 4 nitrogen and oxygen atoms in total. The molecular formula is C16H21NO3. The molecule has 0 spiro atoms. The van der Waals surface area contributed by atoms with Crippen LogP contribution < -0.4 is 10.1 Å². The maximum absolute atomic E-state index is 9.75. The van der Waals surface area contributed by atoms with Crippen molar-refractivity contribution in [2.75, 3.05) is 7.11 Å². The predicted molar refractivity (Wildman–Crippen MR) is 78.1 cm³/mol. The van der Waals surface area contributed by atoms with Crippen LogP contribution in [0.5, 0.6) is 11.5 Å². The van der Waals surface area contributed by atoms with Gasteiger partial charge in [-0.25, -0.2) is 0 Å². The Kier molecular flexibility index (Phi) is 4.35. The Hall–Kier alpha value is -1.94. The van der Waals surface area contributed by atoms with E-state index in [9.17, 15) is 5.11 Å². The van der Waals surface area contributed by atoms with Gasteiger partial charge in [0.25, 0.3) is 0 Å². The van der Waals surface area contributed by atoms with Gasteiger partial charge in [0.2, 0.25) is 0 Å². The SMILES string of the molecule is COc1ccc(CN[C@H](C)c2cc(C)oc2C)cc1O. The fourth-order valence-corrected chi connectivity index (χ4v) is 2.31. The number of aromatic hydroxyl groups is 1. The highest BCUT2D eigenvalue weighted by atomic mass is 16.5. The zero-order valence-electron chi connectivity index (χ0n) is 12.4. The quantitative estimate of drug-likeness (QED) is 0.877. The summed E-state index contributed by atoms with van der Waals surface area (Å²) in [5, 5.41) is 13.2. The average Bonchev–Trinajstić information content (AvgIpc) is 2.75. The summed E-state index contributed by atoms with van der Waals surface area (Å²) in [5.74, 6) is 2.52. The van der Waals surface area contributed by atoms with Gasteiger partial charge in [-0.2, -0.15) is 0 Å². The lowest BCUT2D eigenvalue weighted by molar-refractivity contribution is 0.373. The Morgan fingerprint density at radius 2 is 2.05 bits per heavy atom. The number of aryl methyl sites for hydroxylation is 2. The van der Waals surface area contributed by atoms with Crippen LogP contribution in [0.3, 0.4) is 0 Å². The van der Waals surface area contributed by atoms with Gasteiger partial charge in [-0.3, -0.25) is 0 Å². The first kappa shape index (κ1) is 14.5. The normalized spacial score (nSPS) is 12.4. The number of rotatable bonds is 5. The summed E-state index contributed by atoms with van der Waals surface area (Å²) in [5.41, 5.74) is 2.17. The average molecular weight is 275 g/mol. The molecule has 0 aliphatic carbocycles. The van der Waals surface area contributed by atoms with Crippen molar-refractivity contribution in [1.29, 1.82) is 0 Å². The first-order valence-electron chi connectivity index (χ1n) is 6.67. The van der Waals surface area contributed by atoms with Gasteiger partial charge in [0, 0.05) is 18.2 Å². The molecule has 0 bridgehead atoms. The number of methoxy groups -OCH3 is 1. The minimum absolute atomic E-state index is 0.162. The molecule has 0 radical (unpaired) electrons. The zero-order valence-corrected chi connectivity index (χ0v) is 12.4. The van der Waals surface area contributed by atoms with Crippen LogP contribution in [-0.4, -0.2) is 12.2 Å². The van der Waals surface area contributed by atoms with Crippen LogP contribution in [0.4, 0.5) is 0 Å². The summed E-state index contributed by atoms with van der Waals surface area (Å²) in [6.45, 7) is 6.69. The summed E-state index contributed by atoms with van der Waals surface area (Å²) < 4.78 is 10.6. The maximum atomic E-state index is 9.75. The first-order chi connectivity index (χ1) is 9.51. The molecule has 2 rings (SSSR count). The van der Waals surface area contributed by atoms with E-state index in [0.29, 0.717) is 12.3 Å². The third kappa shape index (κ3) is 3.14. The van der Waals surface area contributed by atoms with Crippen molar-refractivity contribution in [3.63, 3.8) is 0 Å². The van der Waals surface area contributed by atoms with Crippen molar-refractivity contribution < 1.29 is 14.3 Å². The number of furan rings is 1. The van der Waals surface area contributed by atoms with Crippen molar-refractivity contribution in [1.82, 2.24) is 5.32 Å². The van der Waals surface area contributed by atoms with Crippen LogP contribution in [0.15, 0.2) is 28.7 Å². The molecule has 0 amide bonds. The number of ether oxygens (including phenoxy) is 1. The summed E-state index contributed by atoms with van der Waals surface area (Å²) in [6, 6.07) is 7.66. The molecule has 0 saturated heterocycles. The summed E-state index contributed by atoms with van der Waals surface area (Å²) >= 11 is 0. The zero-order chi connectivity index (χ0) is 14.7. The summed E-state index contributed by atoms with van der Waals surface area (Å²) in [4.78, 5) is 0. The molecule has 1 heterocycles. The van der Waals surface area contributed by atoms with E-state index in [0.717, 1.165) is 17.1 Å². The molecule has 20 heavy (non-hydrogen) atoms. The Morgan fingerprint density at radius 3 is 2.60 bits per heavy atom. The van der Waals surface area contributed by atoms with Gasteiger partial charge in [0.1, 0.15) is 11.5 Å². The van der Waals surface area contributed by atoms with Crippen molar-refractivity contribution in [3.05, 3.63) is 46.9 Å². The molecule has 0 fully saturated rings. The highest BCUT2D eigenvalue weighted by molar-refractivity contribution is 5.41. The molecule has 0 saturated carbocycles. The van der Waals surface area contributed by atoms with Crippen LogP contribution in [0.1, 0.15) is 35.6 Å². The van der Waals surface area contributed by atoms with Gasteiger partial charge in [0.05, 0.1) is 7.11 Å². The maximum Gasteiger partial charge on any atom is 0.160 e. The van der Waals surface area contributed by atoms with E-state index in [1.807, 2.05) is 19.9 Å². The molecule has 2 aromatic rings. The largest absolute Gasteiger partial charge is 0.504 e. The van der Waals surface area contributed by atoms with Gasteiger partial charge in [-0.05, 0) is 44.5 Å². The summed E-state index contributed by atoms with van der Waals surface area (Å²) in [7, 11) is 1.54. The van der Waals surface area contributed by atoms with E-state index in [1.165, 1.54) is 5.56 Å². The van der Waals surface area contributed by atoms with Gasteiger partial charge in [-0.1, -0.05) is 6.07 Å². The highest BCUT2D eigenvalue weighted by Crippen LogP contribution is 2.27. The Balaban J connectivity index is 2.01. The number of hydrogen-bond acceptors (Lipinski definition) is 4. The fraction of sp³-hybridized carbons (Fsp3) is 0.375. The molecule has 2 N–H and O–H groups in total. The minimum Gasteiger partial charge on any atom is -0.504 e. The van der Waals surface area contributed by atoms with Gasteiger partial charge < -0.3 is 19.6 Å². The lowest BCUT2D eigenvalue weighted by atomic mass is 10.1. The van der Waals surface area contributed by atoms with E-state index in [2.05, 4.69) is 18.3 Å². The number of hydrogen-bond donors (Lipinski definition) is 2. The molecule has 0 aliphatic heterocycles. The van der Waals surface area contributed by atoms with Crippen molar-refractivity contribution >= 4 is 0 Å². The fourth-order valence-electron chi connectivity index (χ4n) is 2.31. The van der Waals surface area contributed by atoms with Crippen molar-refractivity contribution in [3.8, 4) is 11.5 Å². The lowest BCUT2D eigenvalue weighted by Crippen LogP contribution is -2.18.